The second-order valence-corrected chi connectivity index (χ2v) is 6.09. The molecule has 2 aromatic carbocycles. The number of hydrogen-bond acceptors (Lipinski definition) is 3. The van der Waals surface area contributed by atoms with Crippen LogP contribution in [0.3, 0.4) is 0 Å². The van der Waals surface area contributed by atoms with Gasteiger partial charge in [-0.1, -0.05) is 28.1 Å². The first kappa shape index (κ1) is 15.1. The number of halogens is 1. The summed E-state index contributed by atoms with van der Waals surface area (Å²) in [6.07, 6.45) is -0.597. The summed E-state index contributed by atoms with van der Waals surface area (Å²) in [5, 5.41) is 10.2. The molecular weight excluding hydrogens is 344 g/mol. The molecule has 114 valence electrons. The van der Waals surface area contributed by atoms with Gasteiger partial charge in [-0.05, 0) is 43.3 Å². The maximum atomic E-state index is 10.2. The number of nitrogens with zero attached hydrogens (tertiary/aromatic N) is 2. The Kier molecular flexibility index (Phi) is 4.45. The lowest BCUT2D eigenvalue weighted by Gasteiger charge is -2.14. The maximum Gasteiger partial charge on any atom is 0.119 e. The summed E-state index contributed by atoms with van der Waals surface area (Å²) in [4.78, 5) is 4.50. The van der Waals surface area contributed by atoms with Gasteiger partial charge in [0.1, 0.15) is 24.3 Å². The number of fused-ring (bicyclic) bond motifs is 1. The van der Waals surface area contributed by atoms with Crippen molar-refractivity contribution in [2.45, 2.75) is 19.6 Å². The quantitative estimate of drug-likeness (QED) is 0.756. The van der Waals surface area contributed by atoms with E-state index in [4.69, 9.17) is 4.74 Å². The van der Waals surface area contributed by atoms with Crippen LogP contribution in [-0.4, -0.2) is 27.4 Å². The Morgan fingerprint density at radius 3 is 2.68 bits per heavy atom. The van der Waals surface area contributed by atoms with Crippen molar-refractivity contribution in [1.82, 2.24) is 9.55 Å². The molecule has 1 unspecified atom stereocenters. The van der Waals surface area contributed by atoms with Crippen LogP contribution in [0.15, 0.2) is 53.0 Å². The molecule has 0 radical (unpaired) electrons. The van der Waals surface area contributed by atoms with E-state index in [1.807, 2.05) is 60.0 Å². The second kappa shape index (κ2) is 6.50. The van der Waals surface area contributed by atoms with Crippen LogP contribution in [0.25, 0.3) is 11.0 Å². The number of aliphatic hydroxyl groups excluding tert-OH is 1. The highest BCUT2D eigenvalue weighted by molar-refractivity contribution is 9.10. The minimum absolute atomic E-state index is 0.244. The third kappa shape index (κ3) is 3.31. The Hall–Kier alpha value is -1.85. The molecule has 0 spiro atoms. The van der Waals surface area contributed by atoms with Crippen LogP contribution >= 0.6 is 15.9 Å². The van der Waals surface area contributed by atoms with Crippen molar-refractivity contribution in [2.75, 3.05) is 6.61 Å². The molecule has 0 aliphatic rings. The monoisotopic (exact) mass is 360 g/mol. The number of hydrogen-bond donors (Lipinski definition) is 1. The highest BCUT2D eigenvalue weighted by atomic mass is 79.9. The lowest BCUT2D eigenvalue weighted by atomic mass is 10.3. The zero-order valence-electron chi connectivity index (χ0n) is 12.2. The minimum Gasteiger partial charge on any atom is -0.491 e. The number of aryl methyl sites for hydroxylation is 1. The summed E-state index contributed by atoms with van der Waals surface area (Å²) < 4.78 is 8.64. The summed E-state index contributed by atoms with van der Waals surface area (Å²) in [6.45, 7) is 2.65. The molecule has 0 aliphatic carbocycles. The van der Waals surface area contributed by atoms with E-state index in [1.165, 1.54) is 0 Å². The van der Waals surface area contributed by atoms with Gasteiger partial charge in [-0.25, -0.2) is 4.98 Å². The van der Waals surface area contributed by atoms with E-state index >= 15 is 0 Å². The predicted octanol–water partition coefficient (Wildman–Crippen LogP) is 3.55. The van der Waals surface area contributed by atoms with Crippen molar-refractivity contribution in [1.29, 1.82) is 0 Å². The molecule has 0 saturated carbocycles. The lowest BCUT2D eigenvalue weighted by molar-refractivity contribution is 0.0929. The molecular formula is C17H17BrN2O2. The van der Waals surface area contributed by atoms with Gasteiger partial charge in [0.2, 0.25) is 0 Å². The molecule has 3 rings (SSSR count). The molecule has 0 fully saturated rings. The van der Waals surface area contributed by atoms with Gasteiger partial charge >= 0.3 is 0 Å². The van der Waals surface area contributed by atoms with Gasteiger partial charge < -0.3 is 14.4 Å². The molecule has 22 heavy (non-hydrogen) atoms. The average molecular weight is 361 g/mol. The number of para-hydroxylation sites is 2. The van der Waals surface area contributed by atoms with E-state index in [-0.39, 0.29) is 6.61 Å². The first-order chi connectivity index (χ1) is 10.6. The summed E-state index contributed by atoms with van der Waals surface area (Å²) in [5.74, 6) is 1.64. The summed E-state index contributed by atoms with van der Waals surface area (Å²) in [6, 6.07) is 15.5. The van der Waals surface area contributed by atoms with Gasteiger partial charge in [0.05, 0.1) is 17.6 Å². The third-order valence-corrected chi connectivity index (χ3v) is 4.02. The van der Waals surface area contributed by atoms with Crippen LogP contribution in [-0.2, 0) is 6.54 Å². The Bertz CT molecular complexity index is 768. The molecule has 1 heterocycles. The normalized spacial score (nSPS) is 12.5. The molecule has 5 heteroatoms. The standard InChI is InChI=1S/C17H17BrN2O2/c1-12-19-16-4-2-3-5-17(16)20(12)10-14(21)11-22-15-8-6-13(18)7-9-15/h2-9,14,21H,10-11H2,1H3. The number of aromatic nitrogens is 2. The van der Waals surface area contributed by atoms with E-state index in [0.29, 0.717) is 6.54 Å². The largest absolute Gasteiger partial charge is 0.491 e. The summed E-state index contributed by atoms with van der Waals surface area (Å²) in [5.41, 5.74) is 1.98. The average Bonchev–Trinajstić information content (AvgIpc) is 2.83. The topological polar surface area (TPSA) is 47.3 Å². The smallest absolute Gasteiger partial charge is 0.119 e. The molecule has 3 aromatic rings. The number of ether oxygens (including phenoxy) is 1. The maximum absolute atomic E-state index is 10.2. The highest BCUT2D eigenvalue weighted by Crippen LogP contribution is 2.18. The van der Waals surface area contributed by atoms with Crippen molar-refractivity contribution < 1.29 is 9.84 Å². The fourth-order valence-corrected chi connectivity index (χ4v) is 2.68. The van der Waals surface area contributed by atoms with Gasteiger partial charge in [0.25, 0.3) is 0 Å². The summed E-state index contributed by atoms with van der Waals surface area (Å²) >= 11 is 3.38. The van der Waals surface area contributed by atoms with Crippen LogP contribution in [0.5, 0.6) is 5.75 Å². The number of benzene rings is 2. The third-order valence-electron chi connectivity index (χ3n) is 3.49. The van der Waals surface area contributed by atoms with Gasteiger partial charge in [-0.3, -0.25) is 0 Å². The van der Waals surface area contributed by atoms with E-state index in [2.05, 4.69) is 20.9 Å². The van der Waals surface area contributed by atoms with Crippen molar-refractivity contribution in [3.63, 3.8) is 0 Å². The lowest BCUT2D eigenvalue weighted by Crippen LogP contribution is -2.24. The van der Waals surface area contributed by atoms with E-state index in [1.54, 1.807) is 0 Å². The fourth-order valence-electron chi connectivity index (χ4n) is 2.41. The molecule has 0 saturated heterocycles. The zero-order chi connectivity index (χ0) is 15.5. The van der Waals surface area contributed by atoms with Crippen LogP contribution in [0, 0.1) is 6.92 Å². The van der Waals surface area contributed by atoms with E-state index in [9.17, 15) is 5.11 Å². The molecule has 1 N–H and O–H groups in total. The highest BCUT2D eigenvalue weighted by Gasteiger charge is 2.12. The Balaban J connectivity index is 1.67. The zero-order valence-corrected chi connectivity index (χ0v) is 13.8. The molecule has 1 aromatic heterocycles. The predicted molar refractivity (Wildman–Crippen MR) is 90.1 cm³/mol. The number of aliphatic hydroxyl groups is 1. The Labute approximate surface area is 137 Å². The van der Waals surface area contributed by atoms with E-state index < -0.39 is 6.10 Å². The van der Waals surface area contributed by atoms with Crippen molar-refractivity contribution >= 4 is 27.0 Å². The molecule has 0 amide bonds. The second-order valence-electron chi connectivity index (χ2n) is 5.18. The number of imidazole rings is 1. The number of rotatable bonds is 5. The minimum atomic E-state index is -0.597. The first-order valence-electron chi connectivity index (χ1n) is 7.12. The molecule has 4 nitrogen and oxygen atoms in total. The summed E-state index contributed by atoms with van der Waals surface area (Å²) in [7, 11) is 0. The fraction of sp³-hybridized carbons (Fsp3) is 0.235. The van der Waals surface area contributed by atoms with Gasteiger partial charge in [0, 0.05) is 4.47 Å². The van der Waals surface area contributed by atoms with Crippen molar-refractivity contribution in [2.24, 2.45) is 0 Å². The molecule has 1 atom stereocenters. The van der Waals surface area contributed by atoms with Gasteiger partial charge in [-0.15, -0.1) is 0 Å². The van der Waals surface area contributed by atoms with E-state index in [0.717, 1.165) is 27.1 Å². The van der Waals surface area contributed by atoms with Crippen LogP contribution in [0.1, 0.15) is 5.82 Å². The van der Waals surface area contributed by atoms with Crippen molar-refractivity contribution in [3.8, 4) is 5.75 Å². The Morgan fingerprint density at radius 2 is 1.91 bits per heavy atom. The molecule has 0 bridgehead atoms. The first-order valence-corrected chi connectivity index (χ1v) is 7.91. The SMILES string of the molecule is Cc1nc2ccccc2n1CC(O)COc1ccc(Br)cc1. The van der Waals surface area contributed by atoms with Gasteiger partial charge in [-0.2, -0.15) is 0 Å². The van der Waals surface area contributed by atoms with Crippen LogP contribution < -0.4 is 4.74 Å². The molecule has 0 aliphatic heterocycles. The van der Waals surface area contributed by atoms with Gasteiger partial charge in [0.15, 0.2) is 0 Å². The van der Waals surface area contributed by atoms with Crippen LogP contribution in [0.2, 0.25) is 0 Å². The van der Waals surface area contributed by atoms with Crippen molar-refractivity contribution in [3.05, 3.63) is 58.8 Å². The van der Waals surface area contributed by atoms with Crippen LogP contribution in [0.4, 0.5) is 0 Å². The Morgan fingerprint density at radius 1 is 1.18 bits per heavy atom.